The van der Waals surface area contributed by atoms with Gasteiger partial charge >= 0.3 is 11.9 Å². The van der Waals surface area contributed by atoms with Crippen LogP contribution in [0.25, 0.3) is 0 Å². The molecule has 0 atom stereocenters. The standard InChI is InChI=1S/C12H25FO4Si2/c1-8-9-12(13,10(14)16-18(2,3)4)11(15)17-19(5,6)7/h8-9H2,1-7H3. The summed E-state index contributed by atoms with van der Waals surface area (Å²) in [7, 11) is -4.50. The molecular formula is C12H25FO4Si2. The van der Waals surface area contributed by atoms with E-state index in [1.54, 1.807) is 46.2 Å². The second-order valence-electron chi connectivity index (χ2n) is 6.55. The van der Waals surface area contributed by atoms with Gasteiger partial charge in [0.15, 0.2) is 0 Å². The largest absolute Gasteiger partial charge is 0.517 e. The second-order valence-corrected chi connectivity index (χ2v) is 15.4. The molecule has 0 aromatic heterocycles. The molecule has 0 bridgehead atoms. The van der Waals surface area contributed by atoms with Crippen LogP contribution < -0.4 is 0 Å². The summed E-state index contributed by atoms with van der Waals surface area (Å²) in [6.45, 7) is 12.3. The monoisotopic (exact) mass is 308 g/mol. The normalized spacial score (nSPS) is 13.1. The third kappa shape index (κ3) is 6.33. The highest BCUT2D eigenvalue weighted by Crippen LogP contribution is 2.26. The van der Waals surface area contributed by atoms with Crippen molar-refractivity contribution in [2.75, 3.05) is 0 Å². The van der Waals surface area contributed by atoms with Crippen LogP contribution in [0.15, 0.2) is 0 Å². The van der Waals surface area contributed by atoms with Crippen LogP contribution in [-0.2, 0) is 18.4 Å². The molecule has 0 saturated carbocycles. The Morgan fingerprint density at radius 2 is 1.26 bits per heavy atom. The van der Waals surface area contributed by atoms with Crippen molar-refractivity contribution in [3.8, 4) is 0 Å². The van der Waals surface area contributed by atoms with Crippen LogP contribution in [0.2, 0.25) is 39.3 Å². The maximum absolute atomic E-state index is 14.7. The molecule has 7 heteroatoms. The molecule has 0 saturated heterocycles. The molecule has 112 valence electrons. The van der Waals surface area contributed by atoms with E-state index in [1.807, 2.05) is 0 Å². The number of halogens is 1. The van der Waals surface area contributed by atoms with E-state index in [-0.39, 0.29) is 6.42 Å². The Balaban J connectivity index is 5.14. The van der Waals surface area contributed by atoms with Crippen LogP contribution in [0.4, 0.5) is 4.39 Å². The first kappa shape index (κ1) is 18.3. The molecule has 0 fully saturated rings. The van der Waals surface area contributed by atoms with Crippen molar-refractivity contribution < 1.29 is 22.8 Å². The lowest BCUT2D eigenvalue weighted by Crippen LogP contribution is -2.50. The lowest BCUT2D eigenvalue weighted by Gasteiger charge is -2.28. The van der Waals surface area contributed by atoms with Gasteiger partial charge in [-0.1, -0.05) is 13.3 Å². The predicted octanol–water partition coefficient (Wildman–Crippen LogP) is 3.25. The molecular weight excluding hydrogens is 283 g/mol. The van der Waals surface area contributed by atoms with Crippen molar-refractivity contribution in [3.05, 3.63) is 0 Å². The van der Waals surface area contributed by atoms with Crippen molar-refractivity contribution >= 4 is 28.6 Å². The molecule has 19 heavy (non-hydrogen) atoms. The lowest BCUT2D eigenvalue weighted by molar-refractivity contribution is -0.165. The SMILES string of the molecule is CCCC(F)(C(=O)O[Si](C)(C)C)C(=O)O[Si](C)(C)C. The molecule has 0 aliphatic heterocycles. The van der Waals surface area contributed by atoms with E-state index in [0.717, 1.165) is 0 Å². The molecule has 0 aliphatic carbocycles. The van der Waals surface area contributed by atoms with Gasteiger partial charge in [0.25, 0.3) is 5.67 Å². The fraction of sp³-hybridized carbons (Fsp3) is 0.833. The zero-order valence-electron chi connectivity index (χ0n) is 12.9. The van der Waals surface area contributed by atoms with E-state index in [2.05, 4.69) is 0 Å². The molecule has 0 aliphatic rings. The molecule has 0 unspecified atom stereocenters. The highest BCUT2D eigenvalue weighted by atomic mass is 28.4. The minimum absolute atomic E-state index is 0.209. The molecule has 4 nitrogen and oxygen atoms in total. The van der Waals surface area contributed by atoms with Gasteiger partial charge in [0, 0.05) is 6.42 Å². The molecule has 0 radical (unpaired) electrons. The van der Waals surface area contributed by atoms with Crippen molar-refractivity contribution in [1.29, 1.82) is 0 Å². The Labute approximate surface area is 116 Å². The van der Waals surface area contributed by atoms with Gasteiger partial charge in [-0.15, -0.1) is 0 Å². The van der Waals surface area contributed by atoms with Crippen LogP contribution in [-0.4, -0.2) is 34.2 Å². The van der Waals surface area contributed by atoms with Crippen molar-refractivity contribution in [3.63, 3.8) is 0 Å². The van der Waals surface area contributed by atoms with Crippen molar-refractivity contribution in [2.24, 2.45) is 0 Å². The molecule has 0 aromatic rings. The van der Waals surface area contributed by atoms with Gasteiger partial charge in [-0.3, -0.25) is 0 Å². The quantitative estimate of drug-likeness (QED) is 0.558. The molecule has 0 aromatic carbocycles. The zero-order chi connectivity index (χ0) is 15.5. The summed E-state index contributed by atoms with van der Waals surface area (Å²) in [4.78, 5) is 23.9. The molecule has 0 N–H and O–H groups in total. The number of hydrogen-bond donors (Lipinski definition) is 0. The van der Waals surface area contributed by atoms with E-state index >= 15 is 0 Å². The maximum atomic E-state index is 14.7. The first-order chi connectivity index (χ1) is 8.32. The van der Waals surface area contributed by atoms with Crippen molar-refractivity contribution in [2.45, 2.75) is 64.7 Å². The van der Waals surface area contributed by atoms with Crippen molar-refractivity contribution in [1.82, 2.24) is 0 Å². The molecule has 0 amide bonds. The highest BCUT2D eigenvalue weighted by Gasteiger charge is 2.51. The fourth-order valence-electron chi connectivity index (χ4n) is 1.35. The number of carbonyl (C=O) groups is 2. The van der Waals surface area contributed by atoms with Gasteiger partial charge in [0.2, 0.25) is 16.6 Å². The number of carbonyl (C=O) groups excluding carboxylic acids is 2. The van der Waals surface area contributed by atoms with Gasteiger partial charge in [0.1, 0.15) is 0 Å². The predicted molar refractivity (Wildman–Crippen MR) is 77.6 cm³/mol. The number of rotatable bonds is 6. The summed E-state index contributed by atoms with van der Waals surface area (Å²) in [5, 5.41) is 0. The summed E-state index contributed by atoms with van der Waals surface area (Å²) in [5.74, 6) is -2.20. The van der Waals surface area contributed by atoms with E-state index < -0.39 is 34.2 Å². The first-order valence-corrected chi connectivity index (χ1v) is 13.3. The molecule has 0 spiro atoms. The Bertz CT molecular complexity index is 317. The van der Waals surface area contributed by atoms with E-state index in [4.69, 9.17) is 8.85 Å². The average Bonchev–Trinajstić information content (AvgIpc) is 2.12. The second kappa shape index (κ2) is 6.17. The number of hydrogen-bond acceptors (Lipinski definition) is 4. The van der Waals surface area contributed by atoms with E-state index in [0.29, 0.717) is 6.42 Å². The third-order valence-electron chi connectivity index (χ3n) is 2.04. The lowest BCUT2D eigenvalue weighted by atomic mass is 10.0. The van der Waals surface area contributed by atoms with Gasteiger partial charge in [-0.2, -0.15) is 0 Å². The minimum atomic E-state index is -2.67. The minimum Gasteiger partial charge on any atom is -0.517 e. The smallest absolute Gasteiger partial charge is 0.342 e. The van der Waals surface area contributed by atoms with Crippen LogP contribution in [0, 0.1) is 0 Å². The Morgan fingerprint density at radius 1 is 0.947 bits per heavy atom. The van der Waals surface area contributed by atoms with Crippen LogP contribution >= 0.6 is 0 Å². The third-order valence-corrected chi connectivity index (χ3v) is 3.63. The highest BCUT2D eigenvalue weighted by molar-refractivity contribution is 6.72. The van der Waals surface area contributed by atoms with E-state index in [9.17, 15) is 14.0 Å². The summed E-state index contributed by atoms with van der Waals surface area (Å²) in [6.07, 6.45) is 0.151. The Hall–Kier alpha value is -0.696. The summed E-state index contributed by atoms with van der Waals surface area (Å²) in [6, 6.07) is 0. The number of alkyl halides is 1. The van der Waals surface area contributed by atoms with Gasteiger partial charge < -0.3 is 8.85 Å². The fourth-order valence-corrected chi connectivity index (χ4v) is 2.79. The van der Waals surface area contributed by atoms with Gasteiger partial charge in [0.05, 0.1) is 0 Å². The average molecular weight is 308 g/mol. The van der Waals surface area contributed by atoms with Crippen LogP contribution in [0.1, 0.15) is 19.8 Å². The van der Waals surface area contributed by atoms with Crippen LogP contribution in [0.5, 0.6) is 0 Å². The summed E-state index contributed by atoms with van der Waals surface area (Å²) in [5.41, 5.74) is -2.67. The molecule has 0 heterocycles. The first-order valence-electron chi connectivity index (χ1n) is 6.47. The summed E-state index contributed by atoms with van der Waals surface area (Å²) >= 11 is 0. The Morgan fingerprint density at radius 3 is 1.47 bits per heavy atom. The Kier molecular flexibility index (Phi) is 5.94. The van der Waals surface area contributed by atoms with Gasteiger partial charge in [-0.05, 0) is 39.3 Å². The summed E-state index contributed by atoms with van der Waals surface area (Å²) < 4.78 is 25.0. The van der Waals surface area contributed by atoms with Gasteiger partial charge in [-0.25, -0.2) is 14.0 Å². The maximum Gasteiger partial charge on any atom is 0.342 e. The van der Waals surface area contributed by atoms with E-state index in [1.165, 1.54) is 0 Å². The zero-order valence-corrected chi connectivity index (χ0v) is 14.9. The topological polar surface area (TPSA) is 52.6 Å². The van der Waals surface area contributed by atoms with Crippen LogP contribution in [0.3, 0.4) is 0 Å². The molecule has 0 rings (SSSR count).